The number of aliphatic carboxylic acids is 1. The summed E-state index contributed by atoms with van der Waals surface area (Å²) >= 11 is 5.64. The van der Waals surface area contributed by atoms with Crippen LogP contribution in [0.5, 0.6) is 0 Å². The summed E-state index contributed by atoms with van der Waals surface area (Å²) in [5, 5.41) is 8.37. The van der Waals surface area contributed by atoms with E-state index in [0.29, 0.717) is 5.56 Å². The Morgan fingerprint density at radius 2 is 2.21 bits per heavy atom. The van der Waals surface area contributed by atoms with E-state index in [1.165, 1.54) is 12.1 Å². The Balaban J connectivity index is 3.12. The monoisotopic (exact) mass is 214 g/mol. The largest absolute Gasteiger partial charge is 0.478 e. The second-order valence-corrected chi connectivity index (χ2v) is 3.15. The van der Waals surface area contributed by atoms with Gasteiger partial charge in [-0.15, -0.1) is 0 Å². The molecule has 0 unspecified atom stereocenters. The van der Waals surface area contributed by atoms with Crippen molar-refractivity contribution in [3.63, 3.8) is 0 Å². The second-order valence-electron chi connectivity index (χ2n) is 2.77. The average Bonchev–Trinajstić information content (AvgIpc) is 2.13. The Kier molecular flexibility index (Phi) is 3.25. The number of carbonyl (C=O) groups is 1. The maximum atomic E-state index is 13.3. The fraction of sp³-hybridized carbons (Fsp3) is 0.100. The first-order chi connectivity index (χ1) is 6.52. The van der Waals surface area contributed by atoms with Gasteiger partial charge in [-0.05, 0) is 18.6 Å². The SMILES string of the molecule is Cc1ccc(/C=C/C(=O)O)c(F)c1Cl. The van der Waals surface area contributed by atoms with E-state index in [9.17, 15) is 9.18 Å². The van der Waals surface area contributed by atoms with E-state index in [1.54, 1.807) is 13.0 Å². The molecule has 0 fully saturated rings. The van der Waals surface area contributed by atoms with Crippen molar-refractivity contribution in [2.75, 3.05) is 0 Å². The van der Waals surface area contributed by atoms with Crippen molar-refractivity contribution in [1.29, 1.82) is 0 Å². The van der Waals surface area contributed by atoms with Gasteiger partial charge in [0.1, 0.15) is 5.82 Å². The topological polar surface area (TPSA) is 37.3 Å². The van der Waals surface area contributed by atoms with Crippen molar-refractivity contribution < 1.29 is 14.3 Å². The molecule has 0 spiro atoms. The third kappa shape index (κ3) is 2.33. The highest BCUT2D eigenvalue weighted by Gasteiger charge is 2.06. The molecule has 14 heavy (non-hydrogen) atoms. The lowest BCUT2D eigenvalue weighted by Crippen LogP contribution is -1.89. The molecule has 1 aromatic rings. The number of aryl methyl sites for hydroxylation is 1. The molecule has 0 aliphatic heterocycles. The first kappa shape index (κ1) is 10.7. The van der Waals surface area contributed by atoms with Gasteiger partial charge < -0.3 is 5.11 Å². The van der Waals surface area contributed by atoms with Crippen molar-refractivity contribution in [2.24, 2.45) is 0 Å². The molecule has 0 saturated carbocycles. The molecule has 0 aliphatic carbocycles. The van der Waals surface area contributed by atoms with Gasteiger partial charge in [-0.1, -0.05) is 23.7 Å². The van der Waals surface area contributed by atoms with E-state index in [1.807, 2.05) is 0 Å². The van der Waals surface area contributed by atoms with Crippen LogP contribution in [-0.4, -0.2) is 11.1 Å². The number of carboxylic acids is 1. The summed E-state index contributed by atoms with van der Waals surface area (Å²) in [4.78, 5) is 10.2. The van der Waals surface area contributed by atoms with E-state index < -0.39 is 11.8 Å². The summed E-state index contributed by atoms with van der Waals surface area (Å²) in [6.45, 7) is 1.68. The number of rotatable bonds is 2. The molecular formula is C10H8ClFO2. The summed E-state index contributed by atoms with van der Waals surface area (Å²) in [7, 11) is 0. The molecule has 74 valence electrons. The molecule has 0 heterocycles. The lowest BCUT2D eigenvalue weighted by Gasteiger charge is -2.01. The van der Waals surface area contributed by atoms with Crippen LogP contribution in [0.2, 0.25) is 5.02 Å². The highest BCUT2D eigenvalue weighted by atomic mass is 35.5. The van der Waals surface area contributed by atoms with Gasteiger partial charge in [0.25, 0.3) is 0 Å². The van der Waals surface area contributed by atoms with Gasteiger partial charge in [-0.25, -0.2) is 9.18 Å². The second kappa shape index (κ2) is 4.24. The molecule has 0 bridgehead atoms. The molecule has 0 saturated heterocycles. The smallest absolute Gasteiger partial charge is 0.328 e. The zero-order valence-electron chi connectivity index (χ0n) is 7.42. The van der Waals surface area contributed by atoms with Crippen LogP contribution in [0, 0.1) is 12.7 Å². The van der Waals surface area contributed by atoms with E-state index in [4.69, 9.17) is 16.7 Å². The number of carboxylic acid groups (broad SMARTS) is 1. The van der Waals surface area contributed by atoms with Crippen LogP contribution in [-0.2, 0) is 4.79 Å². The van der Waals surface area contributed by atoms with Crippen LogP contribution in [0.25, 0.3) is 6.08 Å². The van der Waals surface area contributed by atoms with Crippen LogP contribution in [0.4, 0.5) is 4.39 Å². The fourth-order valence-electron chi connectivity index (χ4n) is 0.951. The lowest BCUT2D eigenvalue weighted by atomic mass is 10.1. The minimum atomic E-state index is -1.12. The van der Waals surface area contributed by atoms with Crippen molar-refractivity contribution in [2.45, 2.75) is 6.92 Å². The van der Waals surface area contributed by atoms with E-state index >= 15 is 0 Å². The van der Waals surface area contributed by atoms with E-state index in [-0.39, 0.29) is 10.6 Å². The summed E-state index contributed by atoms with van der Waals surface area (Å²) in [5.74, 6) is -1.72. The van der Waals surface area contributed by atoms with Crippen molar-refractivity contribution in [3.8, 4) is 0 Å². The number of halogens is 2. The highest BCUT2D eigenvalue weighted by Crippen LogP contribution is 2.23. The highest BCUT2D eigenvalue weighted by molar-refractivity contribution is 6.31. The zero-order chi connectivity index (χ0) is 10.7. The molecule has 2 nitrogen and oxygen atoms in total. The molecule has 0 aliphatic rings. The van der Waals surface area contributed by atoms with Crippen LogP contribution in [0.1, 0.15) is 11.1 Å². The third-order valence-electron chi connectivity index (χ3n) is 1.71. The number of benzene rings is 1. The van der Waals surface area contributed by atoms with Gasteiger partial charge in [0.15, 0.2) is 0 Å². The molecule has 0 amide bonds. The minimum absolute atomic E-state index is 0.0255. The normalized spacial score (nSPS) is 10.8. The van der Waals surface area contributed by atoms with Gasteiger partial charge in [0, 0.05) is 11.6 Å². The molecule has 4 heteroatoms. The van der Waals surface area contributed by atoms with Crippen LogP contribution < -0.4 is 0 Å². The van der Waals surface area contributed by atoms with Crippen molar-refractivity contribution in [3.05, 3.63) is 40.2 Å². The van der Waals surface area contributed by atoms with Crippen LogP contribution in [0.15, 0.2) is 18.2 Å². The maximum absolute atomic E-state index is 13.3. The Morgan fingerprint density at radius 3 is 2.79 bits per heavy atom. The first-order valence-corrected chi connectivity index (χ1v) is 4.26. The Bertz CT molecular complexity index is 399. The first-order valence-electron chi connectivity index (χ1n) is 3.88. The Labute approximate surface area is 85.6 Å². The molecule has 1 aromatic carbocycles. The molecule has 0 aromatic heterocycles. The summed E-state index contributed by atoms with van der Waals surface area (Å²) < 4.78 is 13.3. The lowest BCUT2D eigenvalue weighted by molar-refractivity contribution is -0.131. The predicted molar refractivity (Wildman–Crippen MR) is 52.8 cm³/mol. The summed E-state index contributed by atoms with van der Waals surface area (Å²) in [6, 6.07) is 3.11. The molecule has 1 rings (SSSR count). The Morgan fingerprint density at radius 1 is 1.57 bits per heavy atom. The molecule has 0 atom stereocenters. The van der Waals surface area contributed by atoms with Crippen molar-refractivity contribution in [1.82, 2.24) is 0 Å². The summed E-state index contributed by atoms with van der Waals surface area (Å²) in [6.07, 6.45) is 2.03. The number of hydrogen-bond acceptors (Lipinski definition) is 1. The van der Waals surface area contributed by atoms with E-state index in [2.05, 4.69) is 0 Å². The quantitative estimate of drug-likeness (QED) is 0.769. The van der Waals surface area contributed by atoms with Gasteiger partial charge in [-0.2, -0.15) is 0 Å². The Hall–Kier alpha value is -1.35. The average molecular weight is 215 g/mol. The maximum Gasteiger partial charge on any atom is 0.328 e. The molecule has 1 N–H and O–H groups in total. The zero-order valence-corrected chi connectivity index (χ0v) is 8.18. The number of hydrogen-bond donors (Lipinski definition) is 1. The third-order valence-corrected chi connectivity index (χ3v) is 2.17. The van der Waals surface area contributed by atoms with Gasteiger partial charge in [-0.3, -0.25) is 0 Å². The summed E-state index contributed by atoms with van der Waals surface area (Å²) in [5.41, 5.74) is 0.791. The van der Waals surface area contributed by atoms with Crippen LogP contribution >= 0.6 is 11.6 Å². The van der Waals surface area contributed by atoms with Gasteiger partial charge in [0.2, 0.25) is 0 Å². The van der Waals surface area contributed by atoms with Crippen molar-refractivity contribution >= 4 is 23.6 Å². The van der Waals surface area contributed by atoms with Crippen LogP contribution in [0.3, 0.4) is 0 Å². The fourth-order valence-corrected chi connectivity index (χ4v) is 1.12. The van der Waals surface area contributed by atoms with Gasteiger partial charge >= 0.3 is 5.97 Å². The van der Waals surface area contributed by atoms with E-state index in [0.717, 1.165) is 6.08 Å². The predicted octanol–water partition coefficient (Wildman–Crippen LogP) is 2.89. The molecule has 0 radical (unpaired) electrons. The molecular weight excluding hydrogens is 207 g/mol. The van der Waals surface area contributed by atoms with Gasteiger partial charge in [0.05, 0.1) is 5.02 Å². The standard InChI is InChI=1S/C10H8ClFO2/c1-6-2-3-7(4-5-8(13)14)10(12)9(6)11/h2-5H,1H3,(H,13,14)/b5-4+. The minimum Gasteiger partial charge on any atom is -0.478 e.